The first-order valence-electron chi connectivity index (χ1n) is 7.42. The van der Waals surface area contributed by atoms with Gasteiger partial charge in [0.15, 0.2) is 5.82 Å². The van der Waals surface area contributed by atoms with Gasteiger partial charge in [0.1, 0.15) is 5.75 Å². The second-order valence-corrected chi connectivity index (χ2v) is 5.45. The van der Waals surface area contributed by atoms with Crippen molar-refractivity contribution in [2.75, 3.05) is 13.2 Å². The molecule has 0 aliphatic heterocycles. The Labute approximate surface area is 125 Å². The molecule has 114 valence electrons. The van der Waals surface area contributed by atoms with E-state index in [4.69, 9.17) is 4.74 Å². The summed E-state index contributed by atoms with van der Waals surface area (Å²) >= 11 is 0. The van der Waals surface area contributed by atoms with Gasteiger partial charge in [-0.05, 0) is 30.0 Å². The van der Waals surface area contributed by atoms with Crippen LogP contribution in [0.15, 0.2) is 35.2 Å². The molecule has 0 saturated heterocycles. The number of rotatable bonds is 9. The van der Waals surface area contributed by atoms with Gasteiger partial charge in [0, 0.05) is 19.5 Å². The summed E-state index contributed by atoms with van der Waals surface area (Å²) in [6.45, 7) is 6.83. The number of ether oxygens (including phenoxy) is 1. The van der Waals surface area contributed by atoms with Crippen LogP contribution in [-0.4, -0.2) is 23.3 Å². The van der Waals surface area contributed by atoms with E-state index < -0.39 is 0 Å². The number of nitrogens with zero attached hydrogens (tertiary/aromatic N) is 2. The highest BCUT2D eigenvalue weighted by Gasteiger charge is 1.99. The van der Waals surface area contributed by atoms with Crippen molar-refractivity contribution in [1.29, 1.82) is 0 Å². The zero-order valence-corrected chi connectivity index (χ0v) is 12.7. The molecule has 0 radical (unpaired) electrons. The molecule has 0 spiro atoms. The van der Waals surface area contributed by atoms with Crippen molar-refractivity contribution in [1.82, 2.24) is 15.5 Å². The van der Waals surface area contributed by atoms with Gasteiger partial charge in [0.05, 0.1) is 6.61 Å². The highest BCUT2D eigenvalue weighted by molar-refractivity contribution is 5.27. The number of hydrogen-bond acceptors (Lipinski definition) is 5. The van der Waals surface area contributed by atoms with Crippen molar-refractivity contribution < 1.29 is 9.26 Å². The predicted octanol–water partition coefficient (Wildman–Crippen LogP) is 2.83. The third-order valence-corrected chi connectivity index (χ3v) is 3.15. The fourth-order valence-corrected chi connectivity index (χ4v) is 1.85. The van der Waals surface area contributed by atoms with Crippen LogP contribution < -0.4 is 10.1 Å². The second kappa shape index (κ2) is 8.42. The molecule has 2 rings (SSSR count). The molecule has 1 N–H and O–H groups in total. The summed E-state index contributed by atoms with van der Waals surface area (Å²) in [7, 11) is 0. The monoisotopic (exact) mass is 289 g/mol. The summed E-state index contributed by atoms with van der Waals surface area (Å²) in [6.07, 6.45) is 3.21. The average molecular weight is 289 g/mol. The highest BCUT2D eigenvalue weighted by atomic mass is 16.5. The van der Waals surface area contributed by atoms with Gasteiger partial charge in [-0.15, -0.1) is 0 Å². The van der Waals surface area contributed by atoms with Crippen LogP contribution in [0, 0.1) is 5.92 Å². The molecular formula is C16H23N3O2. The van der Waals surface area contributed by atoms with E-state index in [0.29, 0.717) is 5.92 Å². The summed E-state index contributed by atoms with van der Waals surface area (Å²) in [4.78, 5) is 3.98. The van der Waals surface area contributed by atoms with Crippen LogP contribution in [0.4, 0.5) is 0 Å². The Kier molecular flexibility index (Phi) is 6.22. The van der Waals surface area contributed by atoms with E-state index >= 15 is 0 Å². The SMILES string of the molecule is CC(C)CCOc1ccc(CNCCc2ncon2)cc1. The molecule has 0 aliphatic rings. The van der Waals surface area contributed by atoms with Crippen molar-refractivity contribution in [2.45, 2.75) is 33.2 Å². The van der Waals surface area contributed by atoms with E-state index in [-0.39, 0.29) is 0 Å². The molecule has 1 aromatic carbocycles. The largest absolute Gasteiger partial charge is 0.494 e. The first-order chi connectivity index (χ1) is 10.2. The Morgan fingerprint density at radius 1 is 1.24 bits per heavy atom. The second-order valence-electron chi connectivity index (χ2n) is 5.45. The molecule has 5 nitrogen and oxygen atoms in total. The van der Waals surface area contributed by atoms with E-state index in [2.05, 4.69) is 46.0 Å². The van der Waals surface area contributed by atoms with Crippen molar-refractivity contribution in [3.63, 3.8) is 0 Å². The van der Waals surface area contributed by atoms with Crippen LogP contribution in [-0.2, 0) is 13.0 Å². The van der Waals surface area contributed by atoms with Gasteiger partial charge in [-0.25, -0.2) is 0 Å². The molecule has 0 fully saturated rings. The maximum atomic E-state index is 5.70. The van der Waals surface area contributed by atoms with Crippen LogP contribution in [0.25, 0.3) is 0 Å². The Morgan fingerprint density at radius 2 is 2.05 bits per heavy atom. The van der Waals surface area contributed by atoms with E-state index in [1.54, 1.807) is 0 Å². The van der Waals surface area contributed by atoms with Gasteiger partial charge in [0.2, 0.25) is 6.39 Å². The summed E-state index contributed by atoms with van der Waals surface area (Å²) in [6, 6.07) is 8.23. The number of aromatic nitrogens is 2. The zero-order chi connectivity index (χ0) is 14.9. The minimum absolute atomic E-state index is 0.674. The molecule has 1 heterocycles. The summed E-state index contributed by atoms with van der Waals surface area (Å²) < 4.78 is 10.4. The molecule has 2 aromatic rings. The number of benzene rings is 1. The van der Waals surface area contributed by atoms with E-state index in [9.17, 15) is 0 Å². The molecule has 0 unspecified atom stereocenters. The lowest BCUT2D eigenvalue weighted by Gasteiger charge is -2.09. The fourth-order valence-electron chi connectivity index (χ4n) is 1.85. The minimum atomic E-state index is 0.674. The summed E-state index contributed by atoms with van der Waals surface area (Å²) in [5.41, 5.74) is 1.24. The molecule has 5 heteroatoms. The van der Waals surface area contributed by atoms with Gasteiger partial charge >= 0.3 is 0 Å². The maximum Gasteiger partial charge on any atom is 0.213 e. The molecule has 0 aliphatic carbocycles. The fraction of sp³-hybridized carbons (Fsp3) is 0.500. The third kappa shape index (κ3) is 5.95. The van der Waals surface area contributed by atoms with Crippen LogP contribution in [0.5, 0.6) is 5.75 Å². The lowest BCUT2D eigenvalue weighted by Crippen LogP contribution is -2.17. The Balaban J connectivity index is 1.65. The van der Waals surface area contributed by atoms with Gasteiger partial charge in [-0.2, -0.15) is 4.98 Å². The number of hydrogen-bond donors (Lipinski definition) is 1. The predicted molar refractivity (Wildman–Crippen MR) is 81.1 cm³/mol. The Bertz CT molecular complexity index is 495. The van der Waals surface area contributed by atoms with Crippen molar-refractivity contribution in [3.05, 3.63) is 42.0 Å². The highest BCUT2D eigenvalue weighted by Crippen LogP contribution is 2.13. The van der Waals surface area contributed by atoms with Crippen LogP contribution in [0.1, 0.15) is 31.7 Å². The van der Waals surface area contributed by atoms with Crippen LogP contribution >= 0.6 is 0 Å². The van der Waals surface area contributed by atoms with E-state index in [1.807, 2.05) is 12.1 Å². The van der Waals surface area contributed by atoms with Crippen molar-refractivity contribution >= 4 is 0 Å². The zero-order valence-electron chi connectivity index (χ0n) is 12.7. The van der Waals surface area contributed by atoms with Crippen molar-refractivity contribution in [2.24, 2.45) is 5.92 Å². The molecule has 0 atom stereocenters. The number of nitrogens with one attached hydrogen (secondary N) is 1. The summed E-state index contributed by atoms with van der Waals surface area (Å²) in [5, 5.41) is 7.13. The minimum Gasteiger partial charge on any atom is -0.494 e. The van der Waals surface area contributed by atoms with Gasteiger partial charge in [-0.1, -0.05) is 31.1 Å². The Morgan fingerprint density at radius 3 is 2.71 bits per heavy atom. The normalized spacial score (nSPS) is 11.0. The van der Waals surface area contributed by atoms with Crippen LogP contribution in [0.3, 0.4) is 0 Å². The topological polar surface area (TPSA) is 60.2 Å². The van der Waals surface area contributed by atoms with Crippen LogP contribution in [0.2, 0.25) is 0 Å². The van der Waals surface area contributed by atoms with Gasteiger partial charge < -0.3 is 14.6 Å². The maximum absolute atomic E-state index is 5.70. The standard InChI is InChI=1S/C16H23N3O2/c1-13(2)8-10-20-15-5-3-14(4-6-15)11-17-9-7-16-18-12-21-19-16/h3-6,12-13,17H,7-11H2,1-2H3. The molecule has 0 bridgehead atoms. The average Bonchev–Trinajstić information content (AvgIpc) is 2.98. The van der Waals surface area contributed by atoms with Crippen molar-refractivity contribution in [3.8, 4) is 5.75 Å². The lowest BCUT2D eigenvalue weighted by atomic mass is 10.1. The van der Waals surface area contributed by atoms with Gasteiger partial charge in [-0.3, -0.25) is 0 Å². The quantitative estimate of drug-likeness (QED) is 0.719. The molecule has 0 saturated carbocycles. The van der Waals surface area contributed by atoms with E-state index in [1.165, 1.54) is 12.0 Å². The first kappa shape index (κ1) is 15.5. The molecular weight excluding hydrogens is 266 g/mol. The Hall–Kier alpha value is -1.88. The van der Waals surface area contributed by atoms with Gasteiger partial charge in [0.25, 0.3) is 0 Å². The molecule has 0 amide bonds. The molecule has 21 heavy (non-hydrogen) atoms. The smallest absolute Gasteiger partial charge is 0.213 e. The van der Waals surface area contributed by atoms with E-state index in [0.717, 1.165) is 44.1 Å². The lowest BCUT2D eigenvalue weighted by molar-refractivity contribution is 0.289. The molecule has 1 aromatic heterocycles. The third-order valence-electron chi connectivity index (χ3n) is 3.15. The summed E-state index contributed by atoms with van der Waals surface area (Å²) in [5.74, 6) is 2.34. The first-order valence-corrected chi connectivity index (χ1v) is 7.42.